The quantitative estimate of drug-likeness (QED) is 0.0184. The minimum Gasteiger partial charge on any atom is -0.490 e. The first-order valence-corrected chi connectivity index (χ1v) is 27.2. The molecule has 5 heterocycles. The number of unbranched alkanes of at least 4 members (excludes halogenated alkanes) is 3. The van der Waals surface area contributed by atoms with E-state index in [4.69, 9.17) is 19.6 Å². The van der Waals surface area contributed by atoms with Crippen molar-refractivity contribution in [2.24, 2.45) is 5.92 Å². The van der Waals surface area contributed by atoms with Crippen LogP contribution >= 0.6 is 0 Å². The van der Waals surface area contributed by atoms with E-state index in [-0.39, 0.29) is 63.6 Å². The molecular weight excluding hydrogens is 1060 g/mol. The molecule has 0 spiro atoms. The van der Waals surface area contributed by atoms with Crippen LogP contribution < -0.4 is 32.1 Å². The summed E-state index contributed by atoms with van der Waals surface area (Å²) < 4.78 is 28.4. The van der Waals surface area contributed by atoms with Crippen molar-refractivity contribution in [3.63, 3.8) is 0 Å². The van der Waals surface area contributed by atoms with Gasteiger partial charge in [0.2, 0.25) is 29.5 Å². The second kappa shape index (κ2) is 28.1. The van der Waals surface area contributed by atoms with Crippen molar-refractivity contribution in [3.05, 3.63) is 86.7 Å². The molecule has 0 bridgehead atoms. The molecule has 0 aliphatic carbocycles. The van der Waals surface area contributed by atoms with E-state index in [1.807, 2.05) is 6.07 Å². The van der Waals surface area contributed by atoms with Crippen LogP contribution in [-0.2, 0) is 68.2 Å². The third-order valence-corrected chi connectivity index (χ3v) is 15.0. The molecule has 3 aliphatic rings. The zero-order valence-corrected chi connectivity index (χ0v) is 46.2. The Morgan fingerprint density at radius 3 is 2.25 bits per heavy atom. The van der Waals surface area contributed by atoms with Gasteiger partial charge in [0, 0.05) is 67.3 Å². The number of carbonyl (C=O) groups excluding carboxylic acids is 7. The monoisotopic (exact) mass is 1130 g/mol. The number of benzene rings is 1. The highest BCUT2D eigenvalue weighted by Gasteiger charge is 2.42. The number of halogens is 1. The van der Waals surface area contributed by atoms with E-state index >= 15 is 4.39 Å². The Labute approximate surface area is 467 Å². The minimum absolute atomic E-state index is 0.0170. The fraction of sp³-hybridized carbons (Fsp3) is 0.554. The summed E-state index contributed by atoms with van der Waals surface area (Å²) in [6.45, 7) is 10.9. The number of fused-ring (bicyclic) bond motifs is 5. The van der Waals surface area contributed by atoms with Gasteiger partial charge in [0.1, 0.15) is 67.0 Å². The number of aliphatic hydroxyl groups is 6. The summed E-state index contributed by atoms with van der Waals surface area (Å²) in [4.78, 5) is 110. The number of hydrogen-bond acceptors (Lipinski definition) is 17. The average molecular weight is 1140 g/mol. The highest BCUT2D eigenvalue weighted by Crippen LogP contribution is 2.42. The summed E-state index contributed by atoms with van der Waals surface area (Å²) in [5.41, 5.74) is 2.39. The number of nitrogens with zero attached hydrogens (tertiary/aromatic N) is 3. The second-order valence-corrected chi connectivity index (χ2v) is 21.0. The van der Waals surface area contributed by atoms with E-state index in [0.29, 0.717) is 72.1 Å². The average Bonchev–Trinajstić information content (AvgIpc) is 3.44. The Hall–Kier alpha value is -7.00. The Kier molecular flexibility index (Phi) is 21.9. The van der Waals surface area contributed by atoms with Crippen LogP contribution in [0.5, 0.6) is 0 Å². The van der Waals surface area contributed by atoms with Crippen LogP contribution in [0.4, 0.5) is 4.39 Å². The number of aliphatic hydroxyl groups excluding tert-OH is 5. The Morgan fingerprint density at radius 2 is 1.57 bits per heavy atom. The van der Waals surface area contributed by atoms with Gasteiger partial charge in [0.25, 0.3) is 17.4 Å². The first-order chi connectivity index (χ1) is 38.4. The summed E-state index contributed by atoms with van der Waals surface area (Å²) in [6, 6.07) is 1.35. The molecule has 0 unspecified atom stereocenters. The molecule has 2 aromatic heterocycles. The van der Waals surface area contributed by atoms with E-state index < -0.39 is 121 Å². The van der Waals surface area contributed by atoms with Crippen LogP contribution in [0.3, 0.4) is 0 Å². The summed E-state index contributed by atoms with van der Waals surface area (Å²) in [7, 11) is 0. The van der Waals surface area contributed by atoms with Crippen LogP contribution in [0.25, 0.3) is 22.3 Å². The molecule has 442 valence electrons. The third kappa shape index (κ3) is 15.1. The first-order valence-electron chi connectivity index (χ1n) is 27.2. The molecule has 25 heteroatoms. The molecule has 81 heavy (non-hydrogen) atoms. The van der Waals surface area contributed by atoms with Crippen LogP contribution in [0.1, 0.15) is 113 Å². The zero-order chi connectivity index (χ0) is 59.5. The Morgan fingerprint density at radius 1 is 0.864 bits per heavy atom. The van der Waals surface area contributed by atoms with Gasteiger partial charge in [-0.1, -0.05) is 33.8 Å². The minimum atomic E-state index is -1.94. The van der Waals surface area contributed by atoms with Gasteiger partial charge >= 0.3 is 0 Å². The normalized spacial score (nSPS) is 18.0. The standard InChI is InChI=1S/C56H75FN8O16/c1-7-56(79)32(6)81-27-36-37(56)22-41-49-33(25-65(41)55(36)78)21-35-34(30(4)38(57)23-40(35)62-49)13-10-12-20-80-28-59-52(75)31(5)60-54(77)48(29(2)3)63-53(76)39(15-16-44(69)58-24-42(67)50(73)51(74)43(68)26-66)61-45(70)14-9-8-11-19-64-46(71)17-18-47(64)72/h17-18,21-23,29,31,39,42-43,48,50-51,66-68,73-74,79H,6-16,19-20,24-28H2,1-5H3,(H,58,69)(H,59,75)(H,60,77)(H,61,70)(H,63,76)/t31-,39-,42-,43+,48-,50+,51+,56+/m0/s1. The lowest BCUT2D eigenvalue weighted by Crippen LogP contribution is -2.58. The molecule has 8 atom stereocenters. The fourth-order valence-electron chi connectivity index (χ4n) is 9.89. The number of hydrogen-bond donors (Lipinski definition) is 11. The molecule has 11 N–H and O–H groups in total. The number of amides is 7. The van der Waals surface area contributed by atoms with E-state index in [9.17, 15) is 63.9 Å². The molecule has 0 saturated carbocycles. The highest BCUT2D eigenvalue weighted by atomic mass is 19.1. The Balaban J connectivity index is 0.982. The predicted octanol–water partition coefficient (Wildman–Crippen LogP) is -0.125. The van der Waals surface area contributed by atoms with Crippen molar-refractivity contribution < 1.29 is 78.1 Å². The van der Waals surface area contributed by atoms with Gasteiger partial charge in [-0.25, -0.2) is 9.37 Å². The van der Waals surface area contributed by atoms with Crippen molar-refractivity contribution in [2.45, 2.75) is 160 Å². The summed E-state index contributed by atoms with van der Waals surface area (Å²) in [5, 5.41) is 73.8. The van der Waals surface area contributed by atoms with Crippen molar-refractivity contribution in [3.8, 4) is 11.4 Å². The SMILES string of the molecule is C=C1OCc2c(cc3n(c2=O)Cc2cc4c(CCCCOCNC(=O)[C@H](C)NC(=O)[C@@H](NC(=O)[C@H](CCC(=O)NC[C@H](O)[C@@H](O)[C@H](O)[C@H](O)CO)NC(=O)CCCCCN5C(=O)C=CC5=O)C(C)C)c(C)c(F)cc4nc2-3)[C@@]1(O)CC. The molecule has 3 aromatic rings. The van der Waals surface area contributed by atoms with Crippen LogP contribution in [0.15, 0.2) is 47.5 Å². The Bertz CT molecular complexity index is 2950. The van der Waals surface area contributed by atoms with Gasteiger partial charge < -0.3 is 71.3 Å². The molecule has 6 rings (SSSR count). The molecular formula is C56H75FN8O16. The maximum atomic E-state index is 15.5. The van der Waals surface area contributed by atoms with Crippen molar-refractivity contribution in [1.82, 2.24) is 41.0 Å². The summed E-state index contributed by atoms with van der Waals surface area (Å²) in [5.74, 6) is -5.20. The summed E-state index contributed by atoms with van der Waals surface area (Å²) >= 11 is 0. The van der Waals surface area contributed by atoms with Crippen LogP contribution in [-0.4, -0.2) is 162 Å². The van der Waals surface area contributed by atoms with E-state index in [0.717, 1.165) is 21.4 Å². The molecule has 0 radical (unpaired) electrons. The van der Waals surface area contributed by atoms with Gasteiger partial charge in [-0.15, -0.1) is 0 Å². The summed E-state index contributed by atoms with van der Waals surface area (Å²) in [6.07, 6.45) is -2.90. The van der Waals surface area contributed by atoms with Crippen LogP contribution in [0.2, 0.25) is 0 Å². The maximum Gasteiger partial charge on any atom is 0.258 e. The number of pyridine rings is 2. The number of ether oxygens (including phenoxy) is 2. The largest absolute Gasteiger partial charge is 0.490 e. The molecule has 0 saturated heterocycles. The van der Waals surface area contributed by atoms with E-state index in [2.05, 4.69) is 33.2 Å². The number of aryl methyl sites for hydroxylation is 1. The number of imide groups is 1. The number of rotatable bonds is 30. The molecule has 0 fully saturated rings. The molecule has 24 nitrogen and oxygen atoms in total. The van der Waals surface area contributed by atoms with Gasteiger partial charge in [-0.05, 0) is 88.0 Å². The first kappa shape index (κ1) is 63.2. The molecule has 7 amide bonds. The zero-order valence-electron chi connectivity index (χ0n) is 46.2. The van der Waals surface area contributed by atoms with Gasteiger partial charge in [-0.2, -0.15) is 0 Å². The topological polar surface area (TPSA) is 358 Å². The van der Waals surface area contributed by atoms with Crippen LogP contribution in [0, 0.1) is 18.7 Å². The van der Waals surface area contributed by atoms with E-state index in [1.54, 1.807) is 38.3 Å². The lowest BCUT2D eigenvalue weighted by molar-refractivity contribution is -0.137. The third-order valence-electron chi connectivity index (χ3n) is 15.0. The maximum absolute atomic E-state index is 15.5. The predicted molar refractivity (Wildman–Crippen MR) is 289 cm³/mol. The number of carbonyl (C=O) groups is 7. The number of aromatic nitrogens is 2. The van der Waals surface area contributed by atoms with E-state index in [1.165, 1.54) is 25.1 Å². The van der Waals surface area contributed by atoms with Crippen molar-refractivity contribution in [2.75, 3.05) is 33.0 Å². The van der Waals surface area contributed by atoms with Gasteiger partial charge in [0.15, 0.2) is 0 Å². The smallest absolute Gasteiger partial charge is 0.258 e. The highest BCUT2D eigenvalue weighted by molar-refractivity contribution is 6.12. The lowest BCUT2D eigenvalue weighted by atomic mass is 9.84. The van der Waals surface area contributed by atoms with Gasteiger partial charge in [-0.3, -0.25) is 43.3 Å². The second-order valence-electron chi connectivity index (χ2n) is 21.0. The lowest BCUT2D eigenvalue weighted by Gasteiger charge is -2.35. The molecule has 3 aliphatic heterocycles. The van der Waals surface area contributed by atoms with Crippen molar-refractivity contribution in [1.29, 1.82) is 0 Å². The fourth-order valence-corrected chi connectivity index (χ4v) is 9.89. The van der Waals surface area contributed by atoms with Gasteiger partial charge in [0.05, 0.1) is 41.7 Å². The molecule has 1 aromatic carbocycles. The van der Waals surface area contributed by atoms with Crippen molar-refractivity contribution >= 4 is 52.3 Å². The number of nitrogens with one attached hydrogen (secondary N) is 5.